The van der Waals surface area contributed by atoms with Gasteiger partial charge in [-0.2, -0.15) is 0 Å². The highest BCUT2D eigenvalue weighted by atomic mass is 35.5. The highest BCUT2D eigenvalue weighted by Gasteiger charge is 2.13. The number of hydrogen-bond acceptors (Lipinski definition) is 4. The Balaban J connectivity index is 2.74. The van der Waals surface area contributed by atoms with E-state index in [1.54, 1.807) is 14.0 Å². The summed E-state index contributed by atoms with van der Waals surface area (Å²) in [5, 5.41) is 9.34. The lowest BCUT2D eigenvalue weighted by Gasteiger charge is -2.18. The van der Waals surface area contributed by atoms with E-state index in [9.17, 15) is 4.79 Å². The van der Waals surface area contributed by atoms with Crippen molar-refractivity contribution in [2.24, 2.45) is 0 Å². The van der Waals surface area contributed by atoms with Crippen molar-refractivity contribution in [3.05, 3.63) is 22.8 Å². The summed E-state index contributed by atoms with van der Waals surface area (Å²) in [5.41, 5.74) is 5.91. The lowest BCUT2D eigenvalue weighted by atomic mass is 10.2. The largest absolute Gasteiger partial charge is 0.393 e. The SMILES string of the molecule is CC(O)CCN(C)C(=O)c1cc(N)nc(Cl)c1. The number of aliphatic hydroxyl groups excluding tert-OH is 1. The van der Waals surface area contributed by atoms with E-state index in [-0.39, 0.29) is 16.9 Å². The zero-order chi connectivity index (χ0) is 13.0. The van der Waals surface area contributed by atoms with Gasteiger partial charge in [-0.15, -0.1) is 0 Å². The standard InChI is InChI=1S/C11H16ClN3O2/c1-7(16)3-4-15(2)11(17)8-5-9(12)14-10(13)6-8/h5-7,16H,3-4H2,1-2H3,(H2,13,14). The molecule has 0 aliphatic heterocycles. The predicted molar refractivity (Wildman–Crippen MR) is 66.9 cm³/mol. The highest BCUT2D eigenvalue weighted by molar-refractivity contribution is 6.29. The van der Waals surface area contributed by atoms with E-state index in [0.717, 1.165) is 0 Å². The van der Waals surface area contributed by atoms with Crippen LogP contribution in [0.15, 0.2) is 12.1 Å². The van der Waals surface area contributed by atoms with Crippen molar-refractivity contribution in [2.45, 2.75) is 19.4 Å². The summed E-state index contributed by atoms with van der Waals surface area (Å²) in [6.07, 6.45) is 0.0904. The summed E-state index contributed by atoms with van der Waals surface area (Å²) < 4.78 is 0. The maximum absolute atomic E-state index is 12.0. The van der Waals surface area contributed by atoms with Gasteiger partial charge in [-0.05, 0) is 25.5 Å². The maximum atomic E-state index is 12.0. The van der Waals surface area contributed by atoms with Crippen molar-refractivity contribution in [1.29, 1.82) is 0 Å². The number of carbonyl (C=O) groups is 1. The summed E-state index contributed by atoms with van der Waals surface area (Å²) in [6.45, 7) is 2.15. The molecule has 1 heterocycles. The van der Waals surface area contributed by atoms with Crippen molar-refractivity contribution >= 4 is 23.3 Å². The van der Waals surface area contributed by atoms with Crippen LogP contribution in [0, 0.1) is 0 Å². The second kappa shape index (κ2) is 5.84. The monoisotopic (exact) mass is 257 g/mol. The lowest BCUT2D eigenvalue weighted by molar-refractivity contribution is 0.0769. The Morgan fingerprint density at radius 3 is 2.82 bits per heavy atom. The van der Waals surface area contributed by atoms with Gasteiger partial charge in [0.2, 0.25) is 0 Å². The molecule has 0 radical (unpaired) electrons. The molecule has 0 aliphatic carbocycles. The molecule has 6 heteroatoms. The van der Waals surface area contributed by atoms with Crippen molar-refractivity contribution in [3.63, 3.8) is 0 Å². The zero-order valence-corrected chi connectivity index (χ0v) is 10.6. The van der Waals surface area contributed by atoms with Crippen LogP contribution in [0.5, 0.6) is 0 Å². The zero-order valence-electron chi connectivity index (χ0n) is 9.85. The van der Waals surface area contributed by atoms with Crippen molar-refractivity contribution in [2.75, 3.05) is 19.3 Å². The first-order chi connectivity index (χ1) is 7.90. The van der Waals surface area contributed by atoms with Crippen LogP contribution in [-0.2, 0) is 0 Å². The van der Waals surface area contributed by atoms with Crippen molar-refractivity contribution in [3.8, 4) is 0 Å². The number of nitrogens with zero attached hydrogens (tertiary/aromatic N) is 2. The maximum Gasteiger partial charge on any atom is 0.253 e. The molecule has 1 atom stereocenters. The molecular weight excluding hydrogens is 242 g/mol. The number of amides is 1. The summed E-state index contributed by atoms with van der Waals surface area (Å²) in [6, 6.07) is 2.95. The van der Waals surface area contributed by atoms with Crippen LogP contribution in [0.1, 0.15) is 23.7 Å². The van der Waals surface area contributed by atoms with Crippen LogP contribution in [-0.4, -0.2) is 40.6 Å². The number of hydrogen-bond donors (Lipinski definition) is 2. The van der Waals surface area contributed by atoms with Crippen molar-refractivity contribution in [1.82, 2.24) is 9.88 Å². The molecule has 1 aromatic heterocycles. The number of pyridine rings is 1. The van der Waals surface area contributed by atoms with Gasteiger partial charge in [-0.1, -0.05) is 11.6 Å². The van der Waals surface area contributed by atoms with Crippen LogP contribution in [0.25, 0.3) is 0 Å². The molecule has 5 nitrogen and oxygen atoms in total. The minimum Gasteiger partial charge on any atom is -0.393 e. The number of aliphatic hydroxyl groups is 1. The molecule has 1 unspecified atom stereocenters. The average molecular weight is 258 g/mol. The Bertz CT molecular complexity index is 389. The number of nitrogen functional groups attached to an aromatic ring is 1. The minimum atomic E-state index is -0.434. The van der Waals surface area contributed by atoms with Gasteiger partial charge in [0.15, 0.2) is 0 Å². The minimum absolute atomic E-state index is 0.192. The number of nitrogens with two attached hydrogens (primary N) is 1. The van der Waals surface area contributed by atoms with Crippen LogP contribution in [0.4, 0.5) is 5.82 Å². The Hall–Kier alpha value is -1.33. The van der Waals surface area contributed by atoms with Gasteiger partial charge in [-0.25, -0.2) is 4.98 Å². The lowest BCUT2D eigenvalue weighted by Crippen LogP contribution is -2.29. The van der Waals surface area contributed by atoms with Crippen molar-refractivity contribution < 1.29 is 9.90 Å². The first-order valence-corrected chi connectivity index (χ1v) is 5.64. The average Bonchev–Trinajstić information content (AvgIpc) is 2.23. The van der Waals surface area contributed by atoms with E-state index in [0.29, 0.717) is 18.5 Å². The second-order valence-corrected chi connectivity index (χ2v) is 4.36. The summed E-state index contributed by atoms with van der Waals surface area (Å²) in [5.74, 6) is 0.0198. The molecule has 0 aromatic carbocycles. The number of carbonyl (C=O) groups excluding carboxylic acids is 1. The number of aromatic nitrogens is 1. The summed E-state index contributed by atoms with van der Waals surface area (Å²) in [7, 11) is 1.66. The Morgan fingerprint density at radius 2 is 2.29 bits per heavy atom. The van der Waals surface area contributed by atoms with Crippen LogP contribution in [0.2, 0.25) is 5.15 Å². The summed E-state index contributed by atoms with van der Waals surface area (Å²) in [4.78, 5) is 17.3. The van der Waals surface area contributed by atoms with E-state index < -0.39 is 6.10 Å². The number of rotatable bonds is 4. The molecule has 3 N–H and O–H groups in total. The third-order valence-corrected chi connectivity index (χ3v) is 2.48. The Kier molecular flexibility index (Phi) is 4.72. The smallest absolute Gasteiger partial charge is 0.253 e. The quantitative estimate of drug-likeness (QED) is 0.794. The molecule has 0 saturated carbocycles. The molecule has 1 aromatic rings. The van der Waals surface area contributed by atoms with E-state index in [2.05, 4.69) is 4.98 Å². The van der Waals surface area contributed by atoms with Crippen LogP contribution in [0.3, 0.4) is 0 Å². The van der Waals surface area contributed by atoms with Crippen LogP contribution < -0.4 is 5.73 Å². The fourth-order valence-corrected chi connectivity index (χ4v) is 1.56. The molecule has 0 bridgehead atoms. The number of halogens is 1. The molecule has 17 heavy (non-hydrogen) atoms. The number of anilines is 1. The first-order valence-electron chi connectivity index (χ1n) is 5.26. The van der Waals surface area contributed by atoms with E-state index in [1.165, 1.54) is 17.0 Å². The van der Waals surface area contributed by atoms with E-state index in [4.69, 9.17) is 22.4 Å². The molecule has 1 amide bonds. The highest BCUT2D eigenvalue weighted by Crippen LogP contribution is 2.14. The van der Waals surface area contributed by atoms with Gasteiger partial charge in [0.1, 0.15) is 11.0 Å². The molecule has 0 spiro atoms. The predicted octanol–water partition coefficient (Wildman–Crippen LogP) is 1.16. The Morgan fingerprint density at radius 1 is 1.65 bits per heavy atom. The fraction of sp³-hybridized carbons (Fsp3) is 0.455. The van der Waals surface area contributed by atoms with Gasteiger partial charge < -0.3 is 15.7 Å². The van der Waals surface area contributed by atoms with Gasteiger partial charge in [-0.3, -0.25) is 4.79 Å². The third kappa shape index (κ3) is 4.20. The fourth-order valence-electron chi connectivity index (χ4n) is 1.34. The normalized spacial score (nSPS) is 12.2. The second-order valence-electron chi connectivity index (χ2n) is 3.97. The molecule has 0 aliphatic rings. The molecule has 94 valence electrons. The molecule has 0 saturated heterocycles. The van der Waals surface area contributed by atoms with Crippen LogP contribution >= 0.6 is 11.6 Å². The molecule has 0 fully saturated rings. The molecular formula is C11H16ClN3O2. The van der Waals surface area contributed by atoms with E-state index >= 15 is 0 Å². The third-order valence-electron chi connectivity index (χ3n) is 2.29. The van der Waals surface area contributed by atoms with Gasteiger partial charge in [0.05, 0.1) is 6.10 Å². The topological polar surface area (TPSA) is 79.5 Å². The van der Waals surface area contributed by atoms with E-state index in [1.807, 2.05) is 0 Å². The van der Waals surface area contributed by atoms with Gasteiger partial charge in [0, 0.05) is 19.2 Å². The van der Waals surface area contributed by atoms with Gasteiger partial charge in [0.25, 0.3) is 5.91 Å². The Labute approximate surface area is 105 Å². The summed E-state index contributed by atoms with van der Waals surface area (Å²) >= 11 is 5.72. The first kappa shape index (κ1) is 13.7. The van der Waals surface area contributed by atoms with Gasteiger partial charge >= 0.3 is 0 Å². The molecule has 1 rings (SSSR count).